The number of primary amides is 1. The van der Waals surface area contributed by atoms with Crippen LogP contribution in [0, 0.1) is 0 Å². The summed E-state index contributed by atoms with van der Waals surface area (Å²) < 4.78 is 9.16. The smallest absolute Gasteiger partial charge is 0.329 e. The predicted octanol–water partition coefficient (Wildman–Crippen LogP) is 1.99. The first-order chi connectivity index (χ1) is 27.7. The summed E-state index contributed by atoms with van der Waals surface area (Å²) in [5, 5.41) is 5.79. The zero-order valence-electron chi connectivity index (χ0n) is 33.0. The monoisotopic (exact) mass is 820 g/mol. The second-order valence-electron chi connectivity index (χ2n) is 15.7. The van der Waals surface area contributed by atoms with Crippen LogP contribution in [0.15, 0.2) is 41.2 Å². The topological polar surface area (TPSA) is 221 Å². The molecule has 0 saturated carbocycles. The maximum absolute atomic E-state index is 13.7. The lowest BCUT2D eigenvalue weighted by Crippen LogP contribution is -2.59. The van der Waals surface area contributed by atoms with Crippen molar-refractivity contribution in [1.82, 2.24) is 29.6 Å². The molecule has 16 nitrogen and oxygen atoms in total. The van der Waals surface area contributed by atoms with Crippen molar-refractivity contribution in [3.8, 4) is 5.75 Å². The number of aryl methyl sites for hydroxylation is 3. The lowest BCUT2D eigenvalue weighted by atomic mass is 10.0. The molecule has 4 heterocycles. The van der Waals surface area contributed by atoms with Crippen molar-refractivity contribution in [3.05, 3.63) is 63.0 Å². The molecule has 1 unspecified atom stereocenters. The number of ether oxygens (including phenoxy) is 1. The van der Waals surface area contributed by atoms with Crippen molar-refractivity contribution >= 4 is 58.1 Å². The van der Waals surface area contributed by atoms with Gasteiger partial charge in [0.2, 0.25) is 35.4 Å². The molecular weight excluding hydrogens is 768 g/mol. The summed E-state index contributed by atoms with van der Waals surface area (Å²) in [7, 11) is 1.68. The molecule has 6 N–H and O–H groups in total. The number of rotatable bonds is 15. The Morgan fingerprint density at radius 2 is 1.78 bits per heavy atom. The van der Waals surface area contributed by atoms with E-state index < -0.39 is 36.0 Å². The maximum Gasteiger partial charge on any atom is 0.329 e. The minimum Gasteiger partial charge on any atom is -0.490 e. The molecule has 3 aliphatic heterocycles. The van der Waals surface area contributed by atoms with Gasteiger partial charge in [0.1, 0.15) is 30.5 Å². The standard InChI is InChI=1S/C41H53ClN8O8/c1-24(51)48-20-19-28-13-15-31(49(28)40(56)29(43)22-48)38(54)45-27(12-17-35(44)52)23-58-34-10-6-9-26(37(34)42)8-5-3-4-7-25-11-14-30-33(21-25)47(2)41(57)50(30)32-16-18-36(53)46-39(32)55/h6,9-11,14,21,27-29,31-32H,3-5,7-8,12-13,15-20,22-23,43H2,1-2H3,(H2,44,52)(H,45,54)(H,46,53,55)/t27-,28+,29-,31-,32?/m0/s1. The number of imidazole rings is 1. The summed E-state index contributed by atoms with van der Waals surface area (Å²) in [5.41, 5.74) is 14.7. The van der Waals surface area contributed by atoms with Crippen LogP contribution in [0.25, 0.3) is 11.0 Å². The lowest BCUT2D eigenvalue weighted by Gasteiger charge is -2.37. The number of aromatic nitrogens is 2. The molecule has 6 amide bonds. The van der Waals surface area contributed by atoms with E-state index in [9.17, 15) is 33.6 Å². The Morgan fingerprint density at radius 3 is 2.52 bits per heavy atom. The van der Waals surface area contributed by atoms with Gasteiger partial charge in [0.15, 0.2) is 0 Å². The predicted molar refractivity (Wildman–Crippen MR) is 216 cm³/mol. The number of nitrogens with zero attached hydrogens (tertiary/aromatic N) is 4. The van der Waals surface area contributed by atoms with Crippen LogP contribution >= 0.6 is 11.6 Å². The van der Waals surface area contributed by atoms with Gasteiger partial charge in [-0.1, -0.05) is 36.2 Å². The molecule has 3 aromatic rings. The number of imide groups is 1. The van der Waals surface area contributed by atoms with E-state index >= 15 is 0 Å². The molecule has 5 atom stereocenters. The normalized spacial score (nSPS) is 21.6. The second-order valence-corrected chi connectivity index (χ2v) is 16.0. The van der Waals surface area contributed by atoms with E-state index in [1.807, 2.05) is 30.3 Å². The minimum absolute atomic E-state index is 0.0187. The number of carbonyl (C=O) groups excluding carboxylic acids is 6. The fourth-order valence-corrected chi connectivity index (χ4v) is 8.70. The Balaban J connectivity index is 1.02. The van der Waals surface area contributed by atoms with Crippen molar-refractivity contribution in [1.29, 1.82) is 0 Å². The first-order valence-corrected chi connectivity index (χ1v) is 20.5. The third kappa shape index (κ3) is 9.55. The Bertz CT molecular complexity index is 2130. The fraction of sp³-hybridized carbons (Fsp3) is 0.537. The number of unbranched alkanes of at least 4 members (excludes halogenated alkanes) is 2. The molecule has 0 spiro atoms. The molecular formula is C41H53ClN8O8. The van der Waals surface area contributed by atoms with Gasteiger partial charge in [0, 0.05) is 45.9 Å². The molecule has 1 aromatic heterocycles. The largest absolute Gasteiger partial charge is 0.490 e. The Labute approximate surface area is 341 Å². The Hall–Kier alpha value is -5.22. The van der Waals surface area contributed by atoms with Gasteiger partial charge in [0.25, 0.3) is 0 Å². The van der Waals surface area contributed by atoms with E-state index in [1.165, 1.54) is 11.5 Å². The first kappa shape index (κ1) is 42.4. The summed E-state index contributed by atoms with van der Waals surface area (Å²) in [6.45, 7) is 2.02. The number of halogens is 1. The summed E-state index contributed by atoms with van der Waals surface area (Å²) >= 11 is 6.82. The number of carbonyl (C=O) groups is 6. The quantitative estimate of drug-likeness (QED) is 0.130. The molecule has 0 radical (unpaired) electrons. The SMILES string of the molecule is CC(=O)N1CC[C@H]2CC[C@@H](C(=O)N[C@@H](CCC(N)=O)COc3cccc(CCCCCc4ccc5c(c4)n(C)c(=O)n5C4CCC(=O)NC4=O)c3Cl)N2C(=O)[C@@H](N)C1. The van der Waals surface area contributed by atoms with Crippen molar-refractivity contribution in [2.24, 2.45) is 18.5 Å². The number of piperidine rings is 1. The number of hydrogen-bond acceptors (Lipinski definition) is 9. The van der Waals surface area contributed by atoms with Gasteiger partial charge in [-0.05, 0) is 87.1 Å². The fourth-order valence-electron chi connectivity index (χ4n) is 8.42. The highest BCUT2D eigenvalue weighted by Crippen LogP contribution is 2.32. The third-order valence-corrected chi connectivity index (χ3v) is 12.1. The Kier molecular flexibility index (Phi) is 13.6. The van der Waals surface area contributed by atoms with Crippen molar-refractivity contribution < 1.29 is 33.5 Å². The van der Waals surface area contributed by atoms with Crippen LogP contribution in [0.1, 0.15) is 88.3 Å². The summed E-state index contributed by atoms with van der Waals surface area (Å²) in [4.78, 5) is 91.3. The Morgan fingerprint density at radius 1 is 1.00 bits per heavy atom. The summed E-state index contributed by atoms with van der Waals surface area (Å²) in [6, 6.07) is 8.16. The number of nitrogens with two attached hydrogens (primary N) is 2. The van der Waals surface area contributed by atoms with Gasteiger partial charge in [-0.3, -0.25) is 43.2 Å². The van der Waals surface area contributed by atoms with Crippen molar-refractivity contribution in [2.75, 3.05) is 19.7 Å². The minimum atomic E-state index is -0.940. The van der Waals surface area contributed by atoms with Crippen LogP contribution in [-0.2, 0) is 48.7 Å². The molecule has 6 rings (SSSR count). The second kappa shape index (κ2) is 18.6. The molecule has 0 aliphatic carbocycles. The lowest BCUT2D eigenvalue weighted by molar-refractivity contribution is -0.144. The highest BCUT2D eigenvalue weighted by Gasteiger charge is 2.44. The van der Waals surface area contributed by atoms with Gasteiger partial charge in [0.05, 0.1) is 22.1 Å². The third-order valence-electron chi connectivity index (χ3n) is 11.6. The van der Waals surface area contributed by atoms with E-state index in [2.05, 4.69) is 10.6 Å². The molecule has 312 valence electrons. The van der Waals surface area contributed by atoms with Crippen LogP contribution in [0.5, 0.6) is 5.75 Å². The first-order valence-electron chi connectivity index (χ1n) is 20.1. The van der Waals surface area contributed by atoms with Gasteiger partial charge < -0.3 is 31.3 Å². The van der Waals surface area contributed by atoms with Crippen LogP contribution in [0.4, 0.5) is 0 Å². The van der Waals surface area contributed by atoms with Gasteiger partial charge in [-0.15, -0.1) is 0 Å². The average Bonchev–Trinajstić information content (AvgIpc) is 3.71. The molecule has 0 bridgehead atoms. The van der Waals surface area contributed by atoms with Crippen LogP contribution in [0.3, 0.4) is 0 Å². The molecule has 2 aromatic carbocycles. The van der Waals surface area contributed by atoms with Crippen molar-refractivity contribution in [2.45, 2.75) is 114 Å². The summed E-state index contributed by atoms with van der Waals surface area (Å²) in [6.07, 6.45) is 6.49. The molecule has 3 saturated heterocycles. The maximum atomic E-state index is 13.7. The number of benzene rings is 2. The zero-order valence-corrected chi connectivity index (χ0v) is 33.8. The van der Waals surface area contributed by atoms with Crippen LogP contribution < -0.4 is 32.5 Å². The molecule has 58 heavy (non-hydrogen) atoms. The average molecular weight is 821 g/mol. The van der Waals surface area contributed by atoms with Crippen LogP contribution in [0.2, 0.25) is 5.02 Å². The van der Waals surface area contributed by atoms with Gasteiger partial charge in [-0.2, -0.15) is 0 Å². The number of amides is 6. The van der Waals surface area contributed by atoms with Crippen molar-refractivity contribution in [3.63, 3.8) is 0 Å². The summed E-state index contributed by atoms with van der Waals surface area (Å²) in [5.74, 6) is -1.73. The van der Waals surface area contributed by atoms with Gasteiger partial charge >= 0.3 is 5.69 Å². The zero-order chi connectivity index (χ0) is 41.7. The number of hydrogen-bond donors (Lipinski definition) is 4. The molecule has 17 heteroatoms. The molecule has 3 fully saturated rings. The number of nitrogens with one attached hydrogen (secondary N) is 2. The van der Waals surface area contributed by atoms with E-state index in [4.69, 9.17) is 27.8 Å². The van der Waals surface area contributed by atoms with E-state index in [-0.39, 0.29) is 74.2 Å². The molecule has 3 aliphatic rings. The van der Waals surface area contributed by atoms with Gasteiger partial charge in [-0.25, -0.2) is 4.79 Å². The number of fused-ring (bicyclic) bond motifs is 2. The highest BCUT2D eigenvalue weighted by molar-refractivity contribution is 6.32. The van der Waals surface area contributed by atoms with E-state index in [0.29, 0.717) is 48.5 Å². The highest BCUT2D eigenvalue weighted by atomic mass is 35.5. The van der Waals surface area contributed by atoms with E-state index in [1.54, 1.807) is 27.5 Å². The van der Waals surface area contributed by atoms with E-state index in [0.717, 1.165) is 42.3 Å². The van der Waals surface area contributed by atoms with Crippen LogP contribution in [-0.4, -0.2) is 98.2 Å².